The molecular weight excluding hydrogens is 376 g/mol. The highest BCUT2D eigenvalue weighted by Gasteiger charge is 2.16. The van der Waals surface area contributed by atoms with E-state index in [9.17, 15) is 9.59 Å². The van der Waals surface area contributed by atoms with Gasteiger partial charge in [-0.25, -0.2) is 0 Å². The maximum absolute atomic E-state index is 12.7. The Morgan fingerprint density at radius 1 is 1.18 bits per heavy atom. The van der Waals surface area contributed by atoms with Crippen molar-refractivity contribution >= 4 is 44.4 Å². The van der Waals surface area contributed by atoms with Crippen molar-refractivity contribution in [2.45, 2.75) is 20.4 Å². The highest BCUT2D eigenvalue weighted by Crippen LogP contribution is 2.24. The first-order chi connectivity index (χ1) is 13.5. The molecule has 2 aromatic heterocycles. The first-order valence-corrected chi connectivity index (χ1v) is 9.53. The van der Waals surface area contributed by atoms with Crippen molar-refractivity contribution in [1.82, 2.24) is 4.57 Å². The highest BCUT2D eigenvalue weighted by molar-refractivity contribution is 7.16. The van der Waals surface area contributed by atoms with Gasteiger partial charge < -0.3 is 13.7 Å². The molecule has 4 rings (SSSR count). The number of furan rings is 1. The van der Waals surface area contributed by atoms with Gasteiger partial charge in [0.1, 0.15) is 12.1 Å². The summed E-state index contributed by atoms with van der Waals surface area (Å²) in [5.74, 6) is -0.733. The Balaban J connectivity index is 1.88. The van der Waals surface area contributed by atoms with Crippen LogP contribution in [-0.2, 0) is 16.1 Å². The molecule has 2 heterocycles. The van der Waals surface area contributed by atoms with Crippen molar-refractivity contribution < 1.29 is 18.7 Å². The van der Waals surface area contributed by atoms with Gasteiger partial charge in [-0.15, -0.1) is 0 Å². The van der Waals surface area contributed by atoms with E-state index in [1.54, 1.807) is 16.7 Å². The lowest BCUT2D eigenvalue weighted by atomic mass is 10.1. The Morgan fingerprint density at radius 3 is 2.71 bits per heavy atom. The number of benzene rings is 2. The van der Waals surface area contributed by atoms with Crippen LogP contribution in [0, 0.1) is 13.8 Å². The van der Waals surface area contributed by atoms with E-state index in [1.807, 2.05) is 38.1 Å². The van der Waals surface area contributed by atoms with Crippen LogP contribution < -0.4 is 4.80 Å². The average molecular weight is 394 g/mol. The number of carbonyl (C=O) groups is 2. The Bertz CT molecular complexity index is 1260. The molecule has 7 heteroatoms. The number of para-hydroxylation sites is 1. The number of nitrogens with zero attached hydrogens (tertiary/aromatic N) is 2. The Labute approximate surface area is 164 Å². The maximum Gasteiger partial charge on any atom is 0.325 e. The van der Waals surface area contributed by atoms with E-state index in [2.05, 4.69) is 11.1 Å². The van der Waals surface area contributed by atoms with Crippen LogP contribution in [0.4, 0.5) is 0 Å². The van der Waals surface area contributed by atoms with Crippen LogP contribution in [0.25, 0.3) is 21.2 Å². The third-order valence-corrected chi connectivity index (χ3v) is 5.69. The largest absolute Gasteiger partial charge is 0.468 e. The van der Waals surface area contributed by atoms with Gasteiger partial charge in [0.2, 0.25) is 0 Å². The summed E-state index contributed by atoms with van der Waals surface area (Å²) < 4.78 is 13.1. The smallest absolute Gasteiger partial charge is 0.325 e. The first kappa shape index (κ1) is 18.2. The molecule has 0 atom stereocenters. The van der Waals surface area contributed by atoms with Crippen LogP contribution in [0.3, 0.4) is 0 Å². The third kappa shape index (κ3) is 3.25. The lowest BCUT2D eigenvalue weighted by Gasteiger charge is -2.05. The van der Waals surface area contributed by atoms with Gasteiger partial charge in [-0.2, -0.15) is 4.99 Å². The van der Waals surface area contributed by atoms with Crippen molar-refractivity contribution in [1.29, 1.82) is 0 Å². The van der Waals surface area contributed by atoms with E-state index >= 15 is 0 Å². The Kier molecular flexibility index (Phi) is 4.60. The minimum Gasteiger partial charge on any atom is -0.468 e. The minimum atomic E-state index is -0.490. The fourth-order valence-electron chi connectivity index (χ4n) is 3.17. The molecule has 1 amide bonds. The molecule has 142 valence electrons. The quantitative estimate of drug-likeness (QED) is 0.493. The van der Waals surface area contributed by atoms with Gasteiger partial charge in [0.05, 0.1) is 17.3 Å². The van der Waals surface area contributed by atoms with Gasteiger partial charge in [0, 0.05) is 5.39 Å². The molecule has 0 unspecified atom stereocenters. The second-order valence-corrected chi connectivity index (χ2v) is 7.52. The van der Waals surface area contributed by atoms with Crippen LogP contribution in [0.5, 0.6) is 0 Å². The lowest BCUT2D eigenvalue weighted by molar-refractivity contribution is -0.141. The topological polar surface area (TPSA) is 73.8 Å². The second-order valence-electron chi connectivity index (χ2n) is 6.54. The lowest BCUT2D eigenvalue weighted by Crippen LogP contribution is -2.22. The summed E-state index contributed by atoms with van der Waals surface area (Å²) in [5, 5.41) is 0.839. The zero-order valence-corrected chi connectivity index (χ0v) is 16.5. The fraction of sp³-hybridized carbons (Fsp3) is 0.190. The number of carbonyl (C=O) groups excluding carboxylic acids is 2. The number of methoxy groups -OCH3 is 1. The van der Waals surface area contributed by atoms with Gasteiger partial charge in [-0.05, 0) is 43.2 Å². The average Bonchev–Trinajstić information content (AvgIpc) is 3.24. The SMILES string of the molecule is COC(=O)Cn1c(=NC(=O)c2cc3ccccc3o2)sc2c(C)cc(C)cc21. The Morgan fingerprint density at radius 2 is 1.96 bits per heavy atom. The monoisotopic (exact) mass is 394 g/mol. The highest BCUT2D eigenvalue weighted by atomic mass is 32.1. The summed E-state index contributed by atoms with van der Waals surface area (Å²) in [6.07, 6.45) is 0. The zero-order valence-electron chi connectivity index (χ0n) is 15.7. The van der Waals surface area contributed by atoms with Gasteiger partial charge in [0.15, 0.2) is 10.6 Å². The molecule has 2 aromatic carbocycles. The predicted molar refractivity (Wildman–Crippen MR) is 107 cm³/mol. The van der Waals surface area contributed by atoms with Crippen LogP contribution in [0.15, 0.2) is 51.9 Å². The van der Waals surface area contributed by atoms with Gasteiger partial charge >= 0.3 is 11.9 Å². The molecule has 6 nitrogen and oxygen atoms in total. The number of hydrogen-bond donors (Lipinski definition) is 0. The molecule has 0 spiro atoms. The Hall–Kier alpha value is -3.19. The zero-order chi connectivity index (χ0) is 19.8. The van der Waals surface area contributed by atoms with E-state index in [0.29, 0.717) is 10.4 Å². The summed E-state index contributed by atoms with van der Waals surface area (Å²) in [6, 6.07) is 13.1. The normalized spacial score (nSPS) is 12.0. The molecule has 0 radical (unpaired) electrons. The van der Waals surface area contributed by atoms with Crippen molar-refractivity contribution in [3.05, 3.63) is 64.2 Å². The van der Waals surface area contributed by atoms with Crippen LogP contribution >= 0.6 is 11.3 Å². The first-order valence-electron chi connectivity index (χ1n) is 8.71. The number of aromatic nitrogens is 1. The minimum absolute atomic E-state index is 0.0222. The molecule has 0 fully saturated rings. The maximum atomic E-state index is 12.7. The summed E-state index contributed by atoms with van der Waals surface area (Å²) in [7, 11) is 1.34. The number of fused-ring (bicyclic) bond motifs is 2. The fourth-order valence-corrected chi connectivity index (χ4v) is 4.25. The molecule has 0 aliphatic heterocycles. The van der Waals surface area contributed by atoms with E-state index in [-0.39, 0.29) is 12.3 Å². The van der Waals surface area contributed by atoms with Crippen molar-refractivity contribution in [3.63, 3.8) is 0 Å². The molecule has 4 aromatic rings. The van der Waals surface area contributed by atoms with E-state index in [0.717, 1.165) is 26.7 Å². The predicted octanol–water partition coefficient (Wildman–Crippen LogP) is 3.98. The van der Waals surface area contributed by atoms with Crippen LogP contribution in [0.2, 0.25) is 0 Å². The van der Waals surface area contributed by atoms with Crippen molar-refractivity contribution in [2.24, 2.45) is 4.99 Å². The van der Waals surface area contributed by atoms with Crippen molar-refractivity contribution in [3.8, 4) is 0 Å². The number of ether oxygens (including phenoxy) is 1. The van der Waals surface area contributed by atoms with Crippen LogP contribution in [-0.4, -0.2) is 23.6 Å². The summed E-state index contributed by atoms with van der Waals surface area (Å²) in [4.78, 5) is 29.4. The second kappa shape index (κ2) is 7.09. The van der Waals surface area contributed by atoms with Crippen LogP contribution in [0.1, 0.15) is 21.7 Å². The standard InChI is InChI=1S/C21H18N2O4S/c1-12-8-13(2)19-15(9-12)23(11-18(24)26-3)21(28-19)22-20(25)17-10-14-6-4-5-7-16(14)27-17/h4-10H,11H2,1-3H3. The van der Waals surface area contributed by atoms with E-state index in [1.165, 1.54) is 18.4 Å². The molecular formula is C21H18N2O4S. The number of aryl methyl sites for hydroxylation is 2. The van der Waals surface area contributed by atoms with E-state index < -0.39 is 11.9 Å². The molecule has 0 aliphatic carbocycles. The summed E-state index contributed by atoms with van der Waals surface area (Å²) >= 11 is 1.37. The van der Waals surface area contributed by atoms with Crippen molar-refractivity contribution in [2.75, 3.05) is 7.11 Å². The van der Waals surface area contributed by atoms with Gasteiger partial charge in [0.25, 0.3) is 0 Å². The molecule has 28 heavy (non-hydrogen) atoms. The number of hydrogen-bond acceptors (Lipinski definition) is 5. The van der Waals surface area contributed by atoms with Gasteiger partial charge in [-0.3, -0.25) is 9.59 Å². The van der Waals surface area contributed by atoms with E-state index in [4.69, 9.17) is 9.15 Å². The molecule has 0 saturated carbocycles. The molecule has 0 aliphatic rings. The van der Waals surface area contributed by atoms with Gasteiger partial charge in [-0.1, -0.05) is 35.6 Å². The molecule has 0 bridgehead atoms. The summed E-state index contributed by atoms with van der Waals surface area (Å²) in [6.45, 7) is 3.97. The number of amides is 1. The number of rotatable bonds is 3. The number of thiazole rings is 1. The third-order valence-electron chi connectivity index (χ3n) is 4.46. The number of esters is 1. The molecule has 0 N–H and O–H groups in total. The molecule has 0 saturated heterocycles. The summed E-state index contributed by atoms with van der Waals surface area (Å²) in [5.41, 5.74) is 3.61.